The van der Waals surface area contributed by atoms with Crippen LogP contribution in [-0.4, -0.2) is 74.3 Å². The maximum Gasteiger partial charge on any atom is 0.410 e. The van der Waals surface area contributed by atoms with Gasteiger partial charge in [0, 0.05) is 32.7 Å². The van der Waals surface area contributed by atoms with E-state index >= 15 is 0 Å². The molecule has 0 radical (unpaired) electrons. The molecule has 1 amide bonds. The molecule has 1 fully saturated rings. The zero-order valence-corrected chi connectivity index (χ0v) is 21.1. The van der Waals surface area contributed by atoms with Crippen molar-refractivity contribution < 1.29 is 17.9 Å². The molecule has 10 heteroatoms. The van der Waals surface area contributed by atoms with Crippen molar-refractivity contribution in [3.05, 3.63) is 35.9 Å². The van der Waals surface area contributed by atoms with Crippen molar-refractivity contribution in [3.63, 3.8) is 0 Å². The van der Waals surface area contributed by atoms with E-state index < -0.39 is 15.4 Å². The van der Waals surface area contributed by atoms with Crippen LogP contribution in [0.25, 0.3) is 0 Å². The van der Waals surface area contributed by atoms with E-state index in [0.29, 0.717) is 45.1 Å². The summed E-state index contributed by atoms with van der Waals surface area (Å²) < 4.78 is 29.8. The smallest absolute Gasteiger partial charge is 0.410 e. The van der Waals surface area contributed by atoms with Gasteiger partial charge in [-0.3, -0.25) is 4.99 Å². The average molecular weight is 552 g/mol. The second-order valence-electron chi connectivity index (χ2n) is 8.13. The summed E-state index contributed by atoms with van der Waals surface area (Å²) in [4.78, 5) is 20.0. The molecule has 0 spiro atoms. The Bertz CT molecular complexity index is 802. The van der Waals surface area contributed by atoms with Crippen LogP contribution in [0, 0.1) is 0 Å². The molecule has 0 aromatic heterocycles. The Morgan fingerprint density at radius 3 is 2.23 bits per heavy atom. The van der Waals surface area contributed by atoms with Crippen LogP contribution in [0.5, 0.6) is 0 Å². The maximum absolute atomic E-state index is 12.2. The topological polar surface area (TPSA) is 105 Å². The number of nitrogens with two attached hydrogens (primary N) is 1. The summed E-state index contributed by atoms with van der Waals surface area (Å²) in [5.41, 5.74) is 6.31. The molecule has 0 aliphatic carbocycles. The lowest BCUT2D eigenvalue weighted by molar-refractivity contribution is 0.0186. The second kappa shape index (κ2) is 11.7. The molecule has 0 saturated carbocycles. The fourth-order valence-corrected chi connectivity index (χ4v) is 4.34. The highest BCUT2D eigenvalue weighted by Gasteiger charge is 2.26. The monoisotopic (exact) mass is 552 g/mol. The molecule has 1 aromatic rings. The van der Waals surface area contributed by atoms with Gasteiger partial charge in [-0.05, 0) is 32.8 Å². The van der Waals surface area contributed by atoms with E-state index in [1.807, 2.05) is 56.0 Å². The molecule has 0 bridgehead atoms. The summed E-state index contributed by atoms with van der Waals surface area (Å²) in [6.07, 6.45) is 0.101. The van der Waals surface area contributed by atoms with E-state index in [1.54, 1.807) is 4.90 Å². The van der Waals surface area contributed by atoms with Crippen molar-refractivity contribution in [2.45, 2.75) is 38.5 Å². The zero-order chi connectivity index (χ0) is 21.5. The highest BCUT2D eigenvalue weighted by Crippen LogP contribution is 2.12. The number of piperazine rings is 1. The maximum atomic E-state index is 12.2. The Kier molecular flexibility index (Phi) is 10.4. The van der Waals surface area contributed by atoms with Crippen molar-refractivity contribution in [2.75, 3.05) is 38.5 Å². The molecule has 2 N–H and O–H groups in total. The first-order valence-corrected chi connectivity index (χ1v) is 11.6. The molecule has 0 unspecified atom stereocenters. The zero-order valence-electron chi connectivity index (χ0n) is 17.9. The minimum atomic E-state index is -3.17. The molecule has 1 aliphatic heterocycles. The lowest BCUT2D eigenvalue weighted by Gasteiger charge is -2.36. The van der Waals surface area contributed by atoms with Crippen LogP contribution in [0.2, 0.25) is 0 Å². The normalized spacial score (nSPS) is 15.5. The number of rotatable bonds is 6. The van der Waals surface area contributed by atoms with Crippen LogP contribution in [0.3, 0.4) is 0 Å². The molecule has 1 heterocycles. The Morgan fingerprint density at radius 1 is 1.10 bits per heavy atom. The highest BCUT2D eigenvalue weighted by atomic mass is 127. The van der Waals surface area contributed by atoms with Gasteiger partial charge in [-0.15, -0.1) is 24.0 Å². The number of carbonyl (C=O) groups is 1. The van der Waals surface area contributed by atoms with Crippen molar-refractivity contribution in [2.24, 2.45) is 10.7 Å². The van der Waals surface area contributed by atoms with Crippen LogP contribution in [0.4, 0.5) is 4.79 Å². The van der Waals surface area contributed by atoms with Crippen molar-refractivity contribution >= 4 is 45.9 Å². The van der Waals surface area contributed by atoms with Crippen LogP contribution >= 0.6 is 24.0 Å². The van der Waals surface area contributed by atoms with Crippen LogP contribution < -0.4 is 5.73 Å². The van der Waals surface area contributed by atoms with Gasteiger partial charge in [0.15, 0.2) is 15.8 Å². The van der Waals surface area contributed by atoms with Gasteiger partial charge in [-0.25, -0.2) is 13.2 Å². The number of ether oxygens (including phenoxy) is 1. The Hall–Kier alpha value is -1.56. The molecule has 2 rings (SSSR count). The first kappa shape index (κ1) is 26.5. The summed E-state index contributed by atoms with van der Waals surface area (Å²) in [6, 6.07) is 9.15. The molecule has 1 aliphatic rings. The number of aliphatic imine (C=N–C) groups is 1. The minimum absolute atomic E-state index is 0. The quantitative estimate of drug-likeness (QED) is 0.252. The lowest BCUT2D eigenvalue weighted by Crippen LogP contribution is -2.53. The molecule has 30 heavy (non-hydrogen) atoms. The van der Waals surface area contributed by atoms with Gasteiger partial charge in [0.1, 0.15) is 5.60 Å². The van der Waals surface area contributed by atoms with E-state index in [1.165, 1.54) is 0 Å². The van der Waals surface area contributed by atoms with Crippen molar-refractivity contribution in [1.29, 1.82) is 0 Å². The minimum Gasteiger partial charge on any atom is -0.444 e. The van der Waals surface area contributed by atoms with E-state index in [9.17, 15) is 13.2 Å². The third kappa shape index (κ3) is 9.50. The Morgan fingerprint density at radius 2 is 1.67 bits per heavy atom. The summed E-state index contributed by atoms with van der Waals surface area (Å²) in [7, 11) is -3.17. The molecule has 8 nitrogen and oxygen atoms in total. The summed E-state index contributed by atoms with van der Waals surface area (Å²) in [6.45, 7) is 8.03. The fraction of sp³-hybridized carbons (Fsp3) is 0.600. The number of hydrogen-bond acceptors (Lipinski definition) is 5. The number of nitrogens with zero attached hydrogens (tertiary/aromatic N) is 3. The first-order valence-electron chi connectivity index (χ1n) is 9.83. The number of benzene rings is 1. The third-order valence-corrected chi connectivity index (χ3v) is 6.06. The summed E-state index contributed by atoms with van der Waals surface area (Å²) >= 11 is 0. The number of guanidine groups is 1. The largest absolute Gasteiger partial charge is 0.444 e. The predicted octanol–water partition coefficient (Wildman–Crippen LogP) is 2.48. The second-order valence-corrected chi connectivity index (χ2v) is 10.3. The molecule has 1 aromatic carbocycles. The molecule has 1 saturated heterocycles. The SMILES string of the molecule is CC(C)(C)OC(=O)N1CCN(C(N)=NCCCS(=O)(=O)Cc2ccccc2)CC1.I. The fourth-order valence-electron chi connectivity index (χ4n) is 2.92. The highest BCUT2D eigenvalue weighted by molar-refractivity contribution is 14.0. The van der Waals surface area contributed by atoms with E-state index in [-0.39, 0.29) is 41.6 Å². The van der Waals surface area contributed by atoms with Gasteiger partial charge >= 0.3 is 6.09 Å². The summed E-state index contributed by atoms with van der Waals surface area (Å²) in [5.74, 6) is 0.499. The van der Waals surface area contributed by atoms with Crippen LogP contribution in [-0.2, 0) is 20.3 Å². The van der Waals surface area contributed by atoms with Gasteiger partial charge in [0.05, 0.1) is 11.5 Å². The van der Waals surface area contributed by atoms with Gasteiger partial charge in [-0.2, -0.15) is 0 Å². The number of sulfone groups is 1. The Labute approximate surface area is 196 Å². The van der Waals surface area contributed by atoms with E-state index in [4.69, 9.17) is 10.5 Å². The first-order chi connectivity index (χ1) is 13.6. The van der Waals surface area contributed by atoms with E-state index in [2.05, 4.69) is 4.99 Å². The van der Waals surface area contributed by atoms with Crippen molar-refractivity contribution in [1.82, 2.24) is 9.80 Å². The number of hydrogen-bond donors (Lipinski definition) is 1. The average Bonchev–Trinajstić information content (AvgIpc) is 2.64. The number of amides is 1. The van der Waals surface area contributed by atoms with Gasteiger partial charge in [0.25, 0.3) is 0 Å². The van der Waals surface area contributed by atoms with Gasteiger partial charge in [-0.1, -0.05) is 30.3 Å². The molecule has 170 valence electrons. The summed E-state index contributed by atoms with van der Waals surface area (Å²) in [5, 5.41) is 0. The predicted molar refractivity (Wildman–Crippen MR) is 130 cm³/mol. The van der Waals surface area contributed by atoms with E-state index in [0.717, 1.165) is 5.56 Å². The van der Waals surface area contributed by atoms with Crippen molar-refractivity contribution in [3.8, 4) is 0 Å². The van der Waals surface area contributed by atoms with Gasteiger partial charge < -0.3 is 20.3 Å². The molecular formula is C20H33IN4O4S. The number of carbonyl (C=O) groups excluding carboxylic acids is 1. The standard InChI is InChI=1S/C20H32N4O4S.HI/c1-20(2,3)28-19(25)24-13-11-23(12-14-24)18(21)22-10-7-15-29(26,27)16-17-8-5-4-6-9-17;/h4-6,8-9H,7,10-16H2,1-3H3,(H2,21,22);1H. The van der Waals surface area contributed by atoms with Crippen LogP contribution in [0.1, 0.15) is 32.8 Å². The molecule has 0 atom stereocenters. The Balaban J connectivity index is 0.00000450. The van der Waals surface area contributed by atoms with Gasteiger partial charge in [0.2, 0.25) is 0 Å². The van der Waals surface area contributed by atoms with Crippen LogP contribution in [0.15, 0.2) is 35.3 Å². The third-order valence-electron chi connectivity index (χ3n) is 4.37. The number of halogens is 1. The lowest BCUT2D eigenvalue weighted by atomic mass is 10.2. The molecular weight excluding hydrogens is 519 g/mol.